The van der Waals surface area contributed by atoms with E-state index in [1.165, 1.54) is 59.0 Å². The van der Waals surface area contributed by atoms with Crippen LogP contribution in [0.15, 0.2) is 60.7 Å². The van der Waals surface area contributed by atoms with E-state index < -0.39 is 182 Å². The predicted molar refractivity (Wildman–Crippen MR) is 386 cm³/mol. The largest absolute Gasteiger partial charge is 0.391 e. The van der Waals surface area contributed by atoms with Crippen LogP contribution in [0.25, 0.3) is 0 Å². The topological polar surface area (TPSA) is 308 Å². The first-order valence-corrected chi connectivity index (χ1v) is 36.3. The van der Waals surface area contributed by atoms with Crippen molar-refractivity contribution in [3.63, 3.8) is 0 Å². The Hall–Kier alpha value is -8.14. The van der Waals surface area contributed by atoms with E-state index in [-0.39, 0.29) is 63.3 Å². The number of carbonyl (C=O) groups excluding carboxylic acids is 12. The van der Waals surface area contributed by atoms with E-state index in [1.807, 2.05) is 13.8 Å². The van der Waals surface area contributed by atoms with Crippen LogP contribution in [0.2, 0.25) is 0 Å². The van der Waals surface area contributed by atoms with Crippen LogP contribution >= 0.6 is 0 Å². The smallest absolute Gasteiger partial charge is 0.248 e. The normalized spacial score (nSPS) is 24.1. The maximum absolute atomic E-state index is 15.3. The van der Waals surface area contributed by atoms with E-state index in [4.69, 9.17) is 4.74 Å². The SMILES string of the molecule is CCCN1CC(=O)N(C)[C@@H](Cc2ccccc2)C(=O)N[C@@H](CCCCC(F)F)C(=O)N(C)[C@@H](CC(C)C)C(=O)N[C@@H]([C@@H](C)O)C(=O)N(C)CC(=O)N(C)[C@@H](Cc2ccccc2)C(=O)N(C)[C@@H](CC(C)C)C(=O)N[C@@H](COC(C)(C)C)C(=O)N(C)[C@@H](C(C)C)C(=O)N[C@H](C(=O)N2CCCCC2)CC1=O. The van der Waals surface area contributed by atoms with Crippen LogP contribution in [0.1, 0.15) is 158 Å². The number of hydrogen-bond donors (Lipinski definition) is 5. The average molecular weight is 1450 g/mol. The molecule has 2 heterocycles. The fraction of sp³-hybridized carbons (Fsp3) is 0.680. The second-order valence-electron chi connectivity index (χ2n) is 29.9. The molecule has 0 bridgehead atoms. The Balaban J connectivity index is 1.99. The quantitative estimate of drug-likeness (QED) is 0.115. The van der Waals surface area contributed by atoms with Crippen molar-refractivity contribution in [2.24, 2.45) is 17.8 Å². The van der Waals surface area contributed by atoms with Gasteiger partial charge in [0.15, 0.2) is 0 Å². The second-order valence-corrected chi connectivity index (χ2v) is 29.9. The van der Waals surface area contributed by atoms with Crippen molar-refractivity contribution < 1.29 is 76.2 Å². The summed E-state index contributed by atoms with van der Waals surface area (Å²) in [7, 11) is 8.04. The number of carbonyl (C=O) groups is 12. The lowest BCUT2D eigenvalue weighted by atomic mass is 9.98. The van der Waals surface area contributed by atoms with Gasteiger partial charge in [-0.05, 0) is 108 Å². The number of hydrogen-bond acceptors (Lipinski definition) is 14. The van der Waals surface area contributed by atoms with Gasteiger partial charge in [0.2, 0.25) is 77.3 Å². The number of alkyl halides is 2. The Kier molecular flexibility index (Phi) is 35.1. The number of nitrogens with one attached hydrogen (secondary N) is 4. The van der Waals surface area contributed by atoms with Crippen LogP contribution in [0.4, 0.5) is 8.78 Å². The highest BCUT2D eigenvalue weighted by molar-refractivity contribution is 6.00. The average Bonchev–Trinajstić information content (AvgIpc) is 0.824. The first-order chi connectivity index (χ1) is 48.3. The monoisotopic (exact) mass is 1450 g/mol. The van der Waals surface area contributed by atoms with Gasteiger partial charge in [-0.15, -0.1) is 0 Å². The summed E-state index contributed by atoms with van der Waals surface area (Å²) in [4.78, 5) is 189. The molecule has 12 amide bonds. The third-order valence-electron chi connectivity index (χ3n) is 18.8. The number of rotatable bonds is 20. The maximum Gasteiger partial charge on any atom is 0.248 e. The van der Waals surface area contributed by atoms with Gasteiger partial charge >= 0.3 is 0 Å². The van der Waals surface area contributed by atoms with Crippen LogP contribution in [-0.4, -0.2) is 269 Å². The zero-order valence-corrected chi connectivity index (χ0v) is 63.9. The van der Waals surface area contributed by atoms with Crippen molar-refractivity contribution in [2.75, 3.05) is 81.6 Å². The summed E-state index contributed by atoms with van der Waals surface area (Å²) in [5, 5.41) is 22.3. The van der Waals surface area contributed by atoms with Gasteiger partial charge < -0.3 is 70.3 Å². The van der Waals surface area contributed by atoms with Gasteiger partial charge in [-0.2, -0.15) is 0 Å². The van der Waals surface area contributed by atoms with Gasteiger partial charge in [-0.3, -0.25) is 57.5 Å². The number of ether oxygens (including phenoxy) is 1. The molecule has 103 heavy (non-hydrogen) atoms. The highest BCUT2D eigenvalue weighted by Gasteiger charge is 2.44. The molecule has 2 aromatic carbocycles. The van der Waals surface area contributed by atoms with Crippen LogP contribution in [0.3, 0.4) is 0 Å². The molecular weight excluding hydrogens is 1330 g/mol. The maximum atomic E-state index is 15.3. The molecule has 0 aromatic heterocycles. The molecule has 0 saturated carbocycles. The molecule has 28 heteroatoms. The molecule has 0 spiro atoms. The molecule has 2 aliphatic heterocycles. The second kappa shape index (κ2) is 41.4. The molecule has 2 fully saturated rings. The number of benzene rings is 2. The molecule has 576 valence electrons. The number of unbranched alkanes of at least 4 members (excludes halogenated alkanes) is 1. The molecule has 0 unspecified atom stereocenters. The molecule has 26 nitrogen and oxygen atoms in total. The molecule has 2 saturated heterocycles. The minimum absolute atomic E-state index is 0.00312. The van der Waals surface area contributed by atoms with Gasteiger partial charge in [0, 0.05) is 81.2 Å². The Morgan fingerprint density at radius 2 is 1.05 bits per heavy atom. The number of nitrogens with zero attached hydrogens (tertiary/aromatic N) is 8. The van der Waals surface area contributed by atoms with Crippen LogP contribution < -0.4 is 21.3 Å². The zero-order valence-electron chi connectivity index (χ0n) is 63.9. The molecule has 2 aromatic rings. The third kappa shape index (κ3) is 26.8. The van der Waals surface area contributed by atoms with Gasteiger partial charge in [0.1, 0.15) is 54.4 Å². The number of likely N-dealkylation sites (tertiary alicyclic amines) is 1. The first kappa shape index (κ1) is 87.3. The van der Waals surface area contributed by atoms with Crippen molar-refractivity contribution in [1.29, 1.82) is 0 Å². The number of aliphatic hydroxyl groups is 1. The van der Waals surface area contributed by atoms with E-state index in [1.54, 1.807) is 121 Å². The third-order valence-corrected chi connectivity index (χ3v) is 18.8. The Bertz CT molecular complexity index is 3150. The summed E-state index contributed by atoms with van der Waals surface area (Å²) >= 11 is 0. The number of aliphatic hydroxyl groups excluding tert-OH is 1. The van der Waals surface area contributed by atoms with Gasteiger partial charge in [-0.1, -0.05) is 116 Å². The fourth-order valence-corrected chi connectivity index (χ4v) is 12.8. The number of amides is 12. The van der Waals surface area contributed by atoms with E-state index in [0.717, 1.165) is 30.9 Å². The van der Waals surface area contributed by atoms with E-state index in [9.17, 15) is 42.7 Å². The van der Waals surface area contributed by atoms with Crippen molar-refractivity contribution in [2.45, 2.75) is 232 Å². The molecule has 2 aliphatic rings. The molecule has 0 aliphatic carbocycles. The minimum atomic E-state index is -2.68. The molecule has 0 radical (unpaired) electrons. The number of likely N-dealkylation sites (N-methyl/N-ethyl adjacent to an activating group) is 6. The summed E-state index contributed by atoms with van der Waals surface area (Å²) in [6.07, 6.45) is -3.49. The molecular formula is C75H118F2N12O14. The van der Waals surface area contributed by atoms with Gasteiger partial charge in [-0.25, -0.2) is 8.78 Å². The summed E-state index contributed by atoms with van der Waals surface area (Å²) in [5.41, 5.74) is 0.326. The summed E-state index contributed by atoms with van der Waals surface area (Å²) in [6, 6.07) is 4.32. The van der Waals surface area contributed by atoms with Crippen LogP contribution in [0, 0.1) is 17.8 Å². The van der Waals surface area contributed by atoms with Crippen molar-refractivity contribution in [3.8, 4) is 0 Å². The Labute approximate surface area is 608 Å². The number of piperidine rings is 1. The van der Waals surface area contributed by atoms with Crippen molar-refractivity contribution in [3.05, 3.63) is 71.8 Å². The van der Waals surface area contributed by atoms with Crippen LogP contribution in [0.5, 0.6) is 0 Å². The van der Waals surface area contributed by atoms with E-state index >= 15 is 28.8 Å². The van der Waals surface area contributed by atoms with Gasteiger partial charge in [0.25, 0.3) is 0 Å². The highest BCUT2D eigenvalue weighted by Crippen LogP contribution is 2.23. The molecule has 4 rings (SSSR count). The predicted octanol–water partition coefficient (Wildman–Crippen LogP) is 4.43. The van der Waals surface area contributed by atoms with Crippen molar-refractivity contribution >= 4 is 70.9 Å². The zero-order chi connectivity index (χ0) is 77.3. The Morgan fingerprint density at radius 3 is 1.55 bits per heavy atom. The molecule has 10 atom stereocenters. The lowest BCUT2D eigenvalue weighted by Gasteiger charge is -2.38. The number of halogens is 2. The fourth-order valence-electron chi connectivity index (χ4n) is 12.8. The summed E-state index contributed by atoms with van der Waals surface area (Å²) in [6.45, 7) is 17.7. The highest BCUT2D eigenvalue weighted by atomic mass is 19.3. The van der Waals surface area contributed by atoms with Crippen LogP contribution in [-0.2, 0) is 75.1 Å². The first-order valence-electron chi connectivity index (χ1n) is 36.3. The van der Waals surface area contributed by atoms with Gasteiger partial charge in [0.05, 0.1) is 37.8 Å². The summed E-state index contributed by atoms with van der Waals surface area (Å²) in [5.74, 6) is -10.7. The Morgan fingerprint density at radius 1 is 0.563 bits per heavy atom. The molecule has 5 N–H and O–H groups in total. The van der Waals surface area contributed by atoms with Crippen molar-refractivity contribution in [1.82, 2.24) is 60.5 Å². The standard InChI is InChI=1S/C75H118F2N12O14/c1-18-36-89-45-63(93)83(13)58(41-51-30-22-19-23-31-51)67(95)78-53(34-26-27-35-60(76)77)70(98)85(15)57(40-48(4)5)68(96)81-64(50(8)90)74(102)82(12)44-62(92)84(14)59(42-52-32-24-20-25-33-52)73(101)86(16)56(39-47(2)3)66(94)80-55(46-103-75(9,10)11)71(99)87(17)65(49(6)7)69(97)79-54(43-61(89)91)72(100)88-37-28-21-29-38-88/h19-20,22-25,30-33,47-50,53-60,64-65,90H,18,21,26-29,34-46H2,1-17H3,(H,78,95)(H,79,97)(H,80,94)(H,81,96)/t50-,53+,54+,55+,56+,57+,58+,59+,64+,65+/m1/s1. The minimum Gasteiger partial charge on any atom is -0.391 e. The lowest BCUT2D eigenvalue weighted by molar-refractivity contribution is -0.151. The van der Waals surface area contributed by atoms with E-state index in [0.29, 0.717) is 43.5 Å². The lowest BCUT2D eigenvalue weighted by Crippen LogP contribution is -2.62. The van der Waals surface area contributed by atoms with E-state index in [2.05, 4.69) is 21.3 Å². The summed E-state index contributed by atoms with van der Waals surface area (Å²) < 4.78 is 33.5.